The van der Waals surface area contributed by atoms with Crippen LogP contribution in [0.1, 0.15) is 25.1 Å². The number of esters is 1. The summed E-state index contributed by atoms with van der Waals surface area (Å²) in [5.41, 5.74) is 5.76. The Morgan fingerprint density at radius 2 is 1.77 bits per heavy atom. The maximum Gasteiger partial charge on any atom is 0.347 e. The summed E-state index contributed by atoms with van der Waals surface area (Å²) in [5, 5.41) is 4.13. The van der Waals surface area contributed by atoms with Crippen LogP contribution in [0, 0.1) is 6.92 Å². The summed E-state index contributed by atoms with van der Waals surface area (Å²) in [6, 6.07) is 20.2. The predicted molar refractivity (Wildman–Crippen MR) is 117 cm³/mol. The van der Waals surface area contributed by atoms with Gasteiger partial charge in [-0.05, 0) is 68.8 Å². The van der Waals surface area contributed by atoms with Gasteiger partial charge in [0.2, 0.25) is 6.61 Å². The molecule has 6 nitrogen and oxygen atoms in total. The summed E-state index contributed by atoms with van der Waals surface area (Å²) in [7, 11) is 1.65. The highest BCUT2D eigenvalue weighted by Gasteiger charge is 2.17. The number of methoxy groups -OCH3 is 1. The molecule has 2 aromatic carbocycles. The smallest absolute Gasteiger partial charge is 0.347 e. The van der Waals surface area contributed by atoms with Crippen molar-refractivity contribution < 1.29 is 19.1 Å². The largest absolute Gasteiger partial charge is 0.497 e. The van der Waals surface area contributed by atoms with Crippen LogP contribution in [-0.4, -0.2) is 36.6 Å². The van der Waals surface area contributed by atoms with E-state index in [1.165, 1.54) is 0 Å². The Kier molecular flexibility index (Phi) is 6.91. The molecule has 0 aliphatic heterocycles. The lowest BCUT2D eigenvalue weighted by Crippen LogP contribution is -2.11. The Labute approximate surface area is 176 Å². The lowest BCUT2D eigenvalue weighted by atomic mass is 10.1. The molecule has 0 amide bonds. The SMILES string of the molecule is CCOC(=O)CO/N=C(/C)c1cc(-c2ccc(OC)cc2)n(-c2ccccc2)c1C. The number of hydrogen-bond acceptors (Lipinski definition) is 5. The first-order chi connectivity index (χ1) is 14.5. The van der Waals surface area contributed by atoms with E-state index in [1.807, 2.05) is 56.3 Å². The lowest BCUT2D eigenvalue weighted by Gasteiger charge is -2.12. The van der Waals surface area contributed by atoms with Gasteiger partial charge in [-0.15, -0.1) is 0 Å². The van der Waals surface area contributed by atoms with Crippen molar-refractivity contribution >= 4 is 11.7 Å². The first-order valence-corrected chi connectivity index (χ1v) is 9.80. The Hall–Kier alpha value is -3.54. The first-order valence-electron chi connectivity index (χ1n) is 9.80. The van der Waals surface area contributed by atoms with Crippen LogP contribution in [0.4, 0.5) is 0 Å². The van der Waals surface area contributed by atoms with E-state index < -0.39 is 5.97 Å². The van der Waals surface area contributed by atoms with E-state index in [9.17, 15) is 4.79 Å². The molecule has 156 valence electrons. The maximum atomic E-state index is 11.5. The van der Waals surface area contributed by atoms with Gasteiger partial charge in [-0.25, -0.2) is 4.79 Å². The fourth-order valence-electron chi connectivity index (χ4n) is 3.29. The first kappa shape index (κ1) is 21.2. The van der Waals surface area contributed by atoms with Gasteiger partial charge < -0.3 is 18.9 Å². The molecule has 3 rings (SSSR count). The number of benzene rings is 2. The average Bonchev–Trinajstić information content (AvgIpc) is 3.11. The standard InChI is InChI=1S/C24H26N2O4/c1-5-29-24(27)16-30-25-17(2)22-15-23(19-11-13-21(28-4)14-12-19)26(18(22)3)20-9-7-6-8-10-20/h6-15H,5,16H2,1-4H3/b25-17-. The molecule has 1 heterocycles. The summed E-state index contributed by atoms with van der Waals surface area (Å²) in [6.07, 6.45) is 0. The van der Waals surface area contributed by atoms with Gasteiger partial charge >= 0.3 is 5.97 Å². The molecule has 30 heavy (non-hydrogen) atoms. The third-order valence-corrected chi connectivity index (χ3v) is 4.73. The van der Waals surface area contributed by atoms with E-state index in [0.29, 0.717) is 12.3 Å². The number of ether oxygens (including phenoxy) is 2. The summed E-state index contributed by atoms with van der Waals surface area (Å²) < 4.78 is 12.3. The molecule has 0 fully saturated rings. The van der Waals surface area contributed by atoms with Crippen molar-refractivity contribution in [1.29, 1.82) is 0 Å². The van der Waals surface area contributed by atoms with Gasteiger partial charge in [0.1, 0.15) is 5.75 Å². The second kappa shape index (κ2) is 9.78. The molecule has 0 bridgehead atoms. The normalized spacial score (nSPS) is 11.3. The fraction of sp³-hybridized carbons (Fsp3) is 0.250. The second-order valence-electron chi connectivity index (χ2n) is 6.68. The van der Waals surface area contributed by atoms with Crippen LogP contribution in [-0.2, 0) is 14.4 Å². The Morgan fingerprint density at radius 3 is 2.40 bits per heavy atom. The monoisotopic (exact) mass is 406 g/mol. The van der Waals surface area contributed by atoms with E-state index in [4.69, 9.17) is 14.3 Å². The summed E-state index contributed by atoms with van der Waals surface area (Å²) >= 11 is 0. The molecule has 3 aromatic rings. The van der Waals surface area contributed by atoms with Crippen molar-refractivity contribution in [3.63, 3.8) is 0 Å². The number of aromatic nitrogens is 1. The molecule has 0 aliphatic carbocycles. The molecule has 0 aliphatic rings. The van der Waals surface area contributed by atoms with Crippen LogP contribution < -0.4 is 4.74 Å². The van der Waals surface area contributed by atoms with E-state index in [1.54, 1.807) is 14.0 Å². The molecule has 0 unspecified atom stereocenters. The van der Waals surface area contributed by atoms with Gasteiger partial charge in [-0.3, -0.25) is 0 Å². The number of nitrogens with zero attached hydrogens (tertiary/aromatic N) is 2. The van der Waals surface area contributed by atoms with Gasteiger partial charge in [-0.1, -0.05) is 23.4 Å². The minimum absolute atomic E-state index is 0.213. The number of rotatable bonds is 8. The fourth-order valence-corrected chi connectivity index (χ4v) is 3.29. The van der Waals surface area contributed by atoms with Crippen molar-refractivity contribution in [1.82, 2.24) is 4.57 Å². The number of oxime groups is 1. The zero-order valence-corrected chi connectivity index (χ0v) is 17.7. The number of carbonyl (C=O) groups excluding carboxylic acids is 1. The van der Waals surface area contributed by atoms with Crippen molar-refractivity contribution in [2.24, 2.45) is 5.16 Å². The quantitative estimate of drug-likeness (QED) is 0.307. The van der Waals surface area contributed by atoms with Crippen molar-refractivity contribution in [3.8, 4) is 22.7 Å². The van der Waals surface area contributed by atoms with Gasteiger partial charge in [0.15, 0.2) is 0 Å². The molecule has 1 aromatic heterocycles. The second-order valence-corrected chi connectivity index (χ2v) is 6.68. The highest BCUT2D eigenvalue weighted by Crippen LogP contribution is 2.31. The van der Waals surface area contributed by atoms with Gasteiger partial charge in [0.25, 0.3) is 0 Å². The van der Waals surface area contributed by atoms with Crippen molar-refractivity contribution in [2.45, 2.75) is 20.8 Å². The van der Waals surface area contributed by atoms with Crippen molar-refractivity contribution in [3.05, 3.63) is 71.9 Å². The van der Waals surface area contributed by atoms with Gasteiger partial charge in [0.05, 0.1) is 25.1 Å². The zero-order chi connectivity index (χ0) is 21.5. The molecule has 0 N–H and O–H groups in total. The van der Waals surface area contributed by atoms with E-state index in [0.717, 1.165) is 34.0 Å². The number of para-hydroxylation sites is 1. The topological polar surface area (TPSA) is 62.1 Å². The van der Waals surface area contributed by atoms with Crippen LogP contribution in [0.15, 0.2) is 65.8 Å². The van der Waals surface area contributed by atoms with Crippen LogP contribution in [0.2, 0.25) is 0 Å². The average molecular weight is 406 g/mol. The zero-order valence-electron chi connectivity index (χ0n) is 17.7. The van der Waals surface area contributed by atoms with Gasteiger partial charge in [-0.2, -0.15) is 0 Å². The van der Waals surface area contributed by atoms with Crippen LogP contribution >= 0.6 is 0 Å². The Morgan fingerprint density at radius 1 is 1.07 bits per heavy atom. The highest BCUT2D eigenvalue weighted by atomic mass is 16.7. The minimum Gasteiger partial charge on any atom is -0.497 e. The Bertz CT molecular complexity index is 1020. The lowest BCUT2D eigenvalue weighted by molar-refractivity contribution is -0.148. The van der Waals surface area contributed by atoms with E-state index in [-0.39, 0.29) is 6.61 Å². The number of hydrogen-bond donors (Lipinski definition) is 0. The summed E-state index contributed by atoms with van der Waals surface area (Å²) in [5.74, 6) is 0.366. The maximum absolute atomic E-state index is 11.5. The van der Waals surface area contributed by atoms with Gasteiger partial charge in [0, 0.05) is 16.9 Å². The highest BCUT2D eigenvalue weighted by molar-refractivity contribution is 6.01. The molecule has 0 atom stereocenters. The number of carbonyl (C=O) groups is 1. The third kappa shape index (κ3) is 4.71. The van der Waals surface area contributed by atoms with Crippen LogP contribution in [0.3, 0.4) is 0 Å². The molecule has 0 radical (unpaired) electrons. The molecular weight excluding hydrogens is 380 g/mol. The van der Waals surface area contributed by atoms with E-state index in [2.05, 4.69) is 27.9 Å². The van der Waals surface area contributed by atoms with Crippen LogP contribution in [0.25, 0.3) is 16.9 Å². The van der Waals surface area contributed by atoms with E-state index >= 15 is 0 Å². The summed E-state index contributed by atoms with van der Waals surface area (Å²) in [4.78, 5) is 16.7. The minimum atomic E-state index is -0.438. The molecule has 0 saturated carbocycles. The molecule has 0 spiro atoms. The molecule has 0 saturated heterocycles. The summed E-state index contributed by atoms with van der Waals surface area (Å²) in [6.45, 7) is 5.76. The third-order valence-electron chi connectivity index (χ3n) is 4.73. The predicted octanol–water partition coefficient (Wildman–Crippen LogP) is 4.77. The molecular formula is C24H26N2O4. The van der Waals surface area contributed by atoms with Crippen molar-refractivity contribution in [2.75, 3.05) is 20.3 Å². The molecule has 6 heteroatoms. The Balaban J connectivity index is 2.00. The van der Waals surface area contributed by atoms with Crippen LogP contribution in [0.5, 0.6) is 5.75 Å².